The van der Waals surface area contributed by atoms with Crippen molar-refractivity contribution >= 4 is 11.6 Å². The Bertz CT molecular complexity index is 1340. The van der Waals surface area contributed by atoms with Gasteiger partial charge in [0, 0.05) is 29.9 Å². The van der Waals surface area contributed by atoms with E-state index >= 15 is 0 Å². The topological polar surface area (TPSA) is 62.7 Å². The van der Waals surface area contributed by atoms with Crippen LogP contribution in [0.2, 0.25) is 0 Å². The van der Waals surface area contributed by atoms with E-state index in [4.69, 9.17) is 4.74 Å². The fourth-order valence-electron chi connectivity index (χ4n) is 6.28. The predicted molar refractivity (Wildman–Crippen MR) is 159 cm³/mol. The van der Waals surface area contributed by atoms with Crippen LogP contribution in [-0.4, -0.2) is 35.8 Å². The summed E-state index contributed by atoms with van der Waals surface area (Å²) in [6, 6.07) is 20.3. The Morgan fingerprint density at radius 3 is 2.45 bits per heavy atom. The number of rotatable bonds is 6. The molecule has 0 spiro atoms. The molecule has 0 atom stereocenters. The zero-order valence-corrected chi connectivity index (χ0v) is 23.7. The molecule has 2 fully saturated rings. The van der Waals surface area contributed by atoms with Gasteiger partial charge in [0.05, 0.1) is 13.2 Å². The Balaban J connectivity index is 1.32. The van der Waals surface area contributed by atoms with E-state index in [1.165, 1.54) is 11.1 Å². The van der Waals surface area contributed by atoms with E-state index in [-0.39, 0.29) is 17.9 Å². The van der Waals surface area contributed by atoms with Crippen molar-refractivity contribution < 1.29 is 14.6 Å². The molecule has 1 amide bonds. The highest BCUT2D eigenvalue weighted by molar-refractivity contribution is 5.95. The number of aromatic nitrogens is 1. The van der Waals surface area contributed by atoms with Crippen molar-refractivity contribution in [3.63, 3.8) is 0 Å². The molecule has 2 aromatic carbocycles. The van der Waals surface area contributed by atoms with E-state index in [1.807, 2.05) is 47.4 Å². The highest BCUT2D eigenvalue weighted by atomic mass is 16.5. The molecular weight excluding hydrogens is 496 g/mol. The summed E-state index contributed by atoms with van der Waals surface area (Å²) in [5.41, 5.74) is 5.09. The molecule has 0 bridgehead atoms. The Labute approximate surface area is 238 Å². The fraction of sp³-hybridized carbons (Fsp3) is 0.429. The van der Waals surface area contributed by atoms with Crippen LogP contribution in [0.3, 0.4) is 0 Å². The maximum Gasteiger partial charge on any atom is 0.230 e. The quantitative estimate of drug-likeness (QED) is 0.358. The highest BCUT2D eigenvalue weighted by Crippen LogP contribution is 2.38. The van der Waals surface area contributed by atoms with Crippen LogP contribution in [0.5, 0.6) is 5.75 Å². The lowest BCUT2D eigenvalue weighted by Crippen LogP contribution is -2.41. The molecule has 3 aromatic rings. The Kier molecular flexibility index (Phi) is 9.19. The number of hydrogen-bond acceptors (Lipinski definition) is 4. The Hall–Kier alpha value is -3.62. The largest absolute Gasteiger partial charge is 0.496 e. The van der Waals surface area contributed by atoms with Crippen LogP contribution in [-0.2, 0) is 4.79 Å². The molecule has 2 saturated carbocycles. The highest BCUT2D eigenvalue weighted by Gasteiger charge is 2.32. The molecule has 0 saturated heterocycles. The second-order valence-corrected chi connectivity index (χ2v) is 11.4. The number of aliphatic hydroxyl groups excluding tert-OH is 1. The normalized spacial score (nSPS) is 22.6. The zero-order valence-electron chi connectivity index (χ0n) is 23.7. The summed E-state index contributed by atoms with van der Waals surface area (Å²) in [4.78, 5) is 20.3. The summed E-state index contributed by atoms with van der Waals surface area (Å²) < 4.78 is 5.45. The average Bonchev–Trinajstić information content (AvgIpc) is 3.00. The number of anilines is 1. The number of amides is 1. The van der Waals surface area contributed by atoms with Gasteiger partial charge in [-0.25, -0.2) is 4.98 Å². The van der Waals surface area contributed by atoms with E-state index in [9.17, 15) is 9.90 Å². The predicted octanol–water partition coefficient (Wildman–Crippen LogP) is 6.66. The van der Waals surface area contributed by atoms with Gasteiger partial charge in [0.2, 0.25) is 5.91 Å². The third kappa shape index (κ3) is 6.92. The molecule has 1 N–H and O–H groups in total. The van der Waals surface area contributed by atoms with Gasteiger partial charge in [0.1, 0.15) is 11.4 Å². The van der Waals surface area contributed by atoms with Gasteiger partial charge >= 0.3 is 0 Å². The summed E-state index contributed by atoms with van der Waals surface area (Å²) >= 11 is 0. The number of hydrogen-bond donors (Lipinski definition) is 1. The summed E-state index contributed by atoms with van der Waals surface area (Å²) in [5.74, 6) is 8.46. The minimum atomic E-state index is -0.278. The van der Waals surface area contributed by atoms with Crippen LogP contribution >= 0.6 is 0 Å². The molecule has 0 aliphatic heterocycles. The first-order valence-corrected chi connectivity index (χ1v) is 14.7. The van der Waals surface area contributed by atoms with Gasteiger partial charge < -0.3 is 14.7 Å². The molecular formula is C35H40N2O3. The standard InChI is InChI=1S/C35H40N2O3/c1-25-22-30(16-20-34(25)40-2)28-12-9-27(10-13-28)24-37(35(39)29-14-18-33(38)19-15-29)32-8-5-6-26(23-32)11-17-31-7-3-4-21-36-31/h3-8,16,20-23,27-29,33,38H,9-10,12-15,18-19,24H2,1-2H3/t27-,28-,29-,33-. The Morgan fingerprint density at radius 1 is 0.950 bits per heavy atom. The van der Waals surface area contributed by atoms with Gasteiger partial charge in [-0.2, -0.15) is 0 Å². The minimum absolute atomic E-state index is 0.0368. The van der Waals surface area contributed by atoms with Crippen molar-refractivity contribution in [2.24, 2.45) is 11.8 Å². The molecule has 1 heterocycles. The van der Waals surface area contributed by atoms with Crippen molar-refractivity contribution in [2.45, 2.75) is 70.3 Å². The minimum Gasteiger partial charge on any atom is -0.496 e. The van der Waals surface area contributed by atoms with E-state index in [2.05, 4.69) is 41.9 Å². The molecule has 5 heteroatoms. The molecule has 2 aliphatic carbocycles. The number of aryl methyl sites for hydroxylation is 1. The van der Waals surface area contributed by atoms with Crippen LogP contribution in [0.15, 0.2) is 66.9 Å². The third-order valence-corrected chi connectivity index (χ3v) is 8.65. The van der Waals surface area contributed by atoms with E-state index in [0.717, 1.165) is 67.8 Å². The first kappa shape index (κ1) is 27.9. The number of aliphatic hydroxyl groups is 1. The van der Waals surface area contributed by atoms with Crippen LogP contribution in [0.1, 0.15) is 79.7 Å². The molecule has 40 heavy (non-hydrogen) atoms. The lowest BCUT2D eigenvalue weighted by atomic mass is 9.78. The monoisotopic (exact) mass is 536 g/mol. The fourth-order valence-corrected chi connectivity index (χ4v) is 6.28. The van der Waals surface area contributed by atoms with Crippen molar-refractivity contribution in [1.82, 2.24) is 4.98 Å². The number of carbonyl (C=O) groups is 1. The Morgan fingerprint density at radius 2 is 1.75 bits per heavy atom. The number of pyridine rings is 1. The average molecular weight is 537 g/mol. The third-order valence-electron chi connectivity index (χ3n) is 8.65. The smallest absolute Gasteiger partial charge is 0.230 e. The van der Waals surface area contributed by atoms with Gasteiger partial charge in [0.25, 0.3) is 0 Å². The van der Waals surface area contributed by atoms with Crippen molar-refractivity contribution in [1.29, 1.82) is 0 Å². The molecule has 0 radical (unpaired) electrons. The number of methoxy groups -OCH3 is 1. The second kappa shape index (κ2) is 13.2. The lowest BCUT2D eigenvalue weighted by molar-refractivity contribution is -0.124. The van der Waals surface area contributed by atoms with Gasteiger partial charge in [-0.3, -0.25) is 4.79 Å². The van der Waals surface area contributed by atoms with E-state index in [1.54, 1.807) is 13.3 Å². The van der Waals surface area contributed by atoms with E-state index in [0.29, 0.717) is 24.7 Å². The summed E-state index contributed by atoms with van der Waals surface area (Å²) in [6.45, 7) is 2.83. The summed E-state index contributed by atoms with van der Waals surface area (Å²) in [7, 11) is 1.72. The summed E-state index contributed by atoms with van der Waals surface area (Å²) in [5, 5.41) is 10.0. The lowest BCUT2D eigenvalue weighted by Gasteiger charge is -2.36. The van der Waals surface area contributed by atoms with Gasteiger partial charge in [-0.1, -0.05) is 30.2 Å². The van der Waals surface area contributed by atoms with Crippen molar-refractivity contribution in [3.05, 3.63) is 89.2 Å². The molecule has 5 rings (SSSR count). The summed E-state index contributed by atoms with van der Waals surface area (Å²) in [6.07, 6.45) is 8.82. The second-order valence-electron chi connectivity index (χ2n) is 11.4. The maximum atomic E-state index is 13.9. The molecule has 5 nitrogen and oxygen atoms in total. The van der Waals surface area contributed by atoms with E-state index < -0.39 is 0 Å². The molecule has 2 aliphatic rings. The molecule has 208 valence electrons. The number of nitrogens with zero attached hydrogens (tertiary/aromatic N) is 2. The van der Waals surface area contributed by atoms with Gasteiger partial charge in [-0.05, 0) is 124 Å². The van der Waals surface area contributed by atoms with Crippen LogP contribution in [0, 0.1) is 30.6 Å². The van der Waals surface area contributed by atoms with Gasteiger partial charge in [0.15, 0.2) is 0 Å². The van der Waals surface area contributed by atoms with Gasteiger partial charge in [-0.15, -0.1) is 0 Å². The first-order valence-electron chi connectivity index (χ1n) is 14.7. The van der Waals surface area contributed by atoms with Crippen LogP contribution in [0.25, 0.3) is 0 Å². The zero-order chi connectivity index (χ0) is 27.9. The molecule has 1 aromatic heterocycles. The molecule has 0 unspecified atom stereocenters. The number of benzene rings is 2. The number of ether oxygens (including phenoxy) is 1. The first-order chi connectivity index (χ1) is 19.5. The van der Waals surface area contributed by atoms with Crippen LogP contribution < -0.4 is 9.64 Å². The maximum absolute atomic E-state index is 13.9. The SMILES string of the molecule is COc1ccc([C@H]2CC[C@H](CN(c3cccc(C#Cc4ccccn4)c3)C(=O)[C@H]3CC[C@H](O)CC3)CC2)cc1C. The van der Waals surface area contributed by atoms with Crippen molar-refractivity contribution in [2.75, 3.05) is 18.6 Å². The van der Waals surface area contributed by atoms with Crippen LogP contribution in [0.4, 0.5) is 5.69 Å². The van der Waals surface area contributed by atoms with Crippen molar-refractivity contribution in [3.8, 4) is 17.6 Å². The number of carbonyl (C=O) groups excluding carboxylic acids is 1.